The van der Waals surface area contributed by atoms with Gasteiger partial charge in [-0.1, -0.05) is 0 Å². The van der Waals surface area contributed by atoms with Crippen molar-refractivity contribution in [3.63, 3.8) is 0 Å². The fraction of sp³-hybridized carbons (Fsp3) is 0.480. The lowest BCUT2D eigenvalue weighted by Gasteiger charge is -2.44. The molecular weight excluding hydrogens is 487 g/mol. The van der Waals surface area contributed by atoms with Gasteiger partial charge in [0.2, 0.25) is 0 Å². The van der Waals surface area contributed by atoms with E-state index in [1.807, 2.05) is 0 Å². The molecule has 200 valence electrons. The molecule has 3 fully saturated rings. The number of imide groups is 1. The summed E-state index contributed by atoms with van der Waals surface area (Å²) in [6, 6.07) is 5.21. The number of ketones is 1. The predicted octanol–water partition coefficient (Wildman–Crippen LogP) is 2.39. The summed E-state index contributed by atoms with van der Waals surface area (Å²) >= 11 is 0. The first-order chi connectivity index (χ1) is 17.7. The van der Waals surface area contributed by atoms with Gasteiger partial charge in [0.25, 0.3) is 0 Å². The fourth-order valence-corrected chi connectivity index (χ4v) is 4.62. The first-order valence-corrected chi connectivity index (χ1v) is 12.2. The van der Waals surface area contributed by atoms with Gasteiger partial charge in [0.05, 0.1) is 0 Å². The fourth-order valence-electron chi connectivity index (χ4n) is 4.62. The second kappa shape index (κ2) is 12.9. The van der Waals surface area contributed by atoms with Crippen LogP contribution in [0.2, 0.25) is 0 Å². The van der Waals surface area contributed by atoms with Gasteiger partial charge in [-0.15, -0.1) is 0 Å². The van der Waals surface area contributed by atoms with Crippen LogP contribution in [-0.4, -0.2) is 93.6 Å². The SMILES string of the molecule is O=C(O)/C=C\C(=O)O.O=C(c1ccc(F)cc1)C1CCN(CCN2C(=O)NC3CCCCN3C2=O)CC1. The molecule has 3 saturated heterocycles. The summed E-state index contributed by atoms with van der Waals surface area (Å²) in [7, 11) is 0. The third kappa shape index (κ3) is 7.84. The summed E-state index contributed by atoms with van der Waals surface area (Å²) in [6.07, 6.45) is 5.23. The molecule has 1 aromatic carbocycles. The van der Waals surface area contributed by atoms with Crippen molar-refractivity contribution >= 4 is 29.8 Å². The number of fused-ring (bicyclic) bond motifs is 1. The molecule has 1 unspecified atom stereocenters. The van der Waals surface area contributed by atoms with Crippen molar-refractivity contribution in [3.05, 3.63) is 47.8 Å². The van der Waals surface area contributed by atoms with Crippen LogP contribution in [0.1, 0.15) is 42.5 Å². The number of hydrogen-bond acceptors (Lipinski definition) is 6. The maximum atomic E-state index is 13.1. The molecule has 11 nitrogen and oxygen atoms in total. The van der Waals surface area contributed by atoms with Gasteiger partial charge in [-0.05, 0) is 69.5 Å². The monoisotopic (exact) mass is 518 g/mol. The molecule has 0 bridgehead atoms. The number of carboxylic acids is 2. The van der Waals surface area contributed by atoms with Crippen LogP contribution < -0.4 is 5.32 Å². The molecule has 3 heterocycles. The number of urea groups is 2. The smallest absolute Gasteiger partial charge is 0.329 e. The topological polar surface area (TPSA) is 148 Å². The van der Waals surface area contributed by atoms with E-state index in [9.17, 15) is 28.4 Å². The Labute approximate surface area is 213 Å². The van der Waals surface area contributed by atoms with Gasteiger partial charge in [-0.3, -0.25) is 4.79 Å². The highest BCUT2D eigenvalue weighted by Crippen LogP contribution is 2.23. The highest BCUT2D eigenvalue weighted by molar-refractivity contribution is 5.98. The number of likely N-dealkylation sites (tertiary alicyclic amines) is 1. The third-order valence-electron chi connectivity index (χ3n) is 6.61. The zero-order chi connectivity index (χ0) is 26.9. The molecule has 1 aromatic rings. The maximum absolute atomic E-state index is 13.1. The summed E-state index contributed by atoms with van der Waals surface area (Å²) < 4.78 is 13.1. The van der Waals surface area contributed by atoms with Crippen LogP contribution in [0.15, 0.2) is 36.4 Å². The second-order valence-electron chi connectivity index (χ2n) is 9.09. The molecule has 4 amide bonds. The Morgan fingerprint density at radius 1 is 0.919 bits per heavy atom. The van der Waals surface area contributed by atoms with Crippen molar-refractivity contribution in [2.45, 2.75) is 38.3 Å². The molecule has 0 aliphatic carbocycles. The highest BCUT2D eigenvalue weighted by Gasteiger charge is 2.39. The lowest BCUT2D eigenvalue weighted by atomic mass is 9.89. The number of carbonyl (C=O) groups excluding carboxylic acids is 3. The molecule has 12 heteroatoms. The Balaban J connectivity index is 0.000000414. The van der Waals surface area contributed by atoms with Gasteiger partial charge in [0, 0.05) is 43.3 Å². The Morgan fingerprint density at radius 2 is 1.54 bits per heavy atom. The van der Waals surface area contributed by atoms with Crippen LogP contribution in [0.5, 0.6) is 0 Å². The molecule has 0 spiro atoms. The van der Waals surface area contributed by atoms with E-state index in [2.05, 4.69) is 10.2 Å². The minimum Gasteiger partial charge on any atom is -0.478 e. The van der Waals surface area contributed by atoms with Crippen molar-refractivity contribution in [2.24, 2.45) is 5.92 Å². The first-order valence-electron chi connectivity index (χ1n) is 12.2. The van der Waals surface area contributed by atoms with Crippen molar-refractivity contribution < 1.29 is 38.6 Å². The molecule has 37 heavy (non-hydrogen) atoms. The number of rotatable bonds is 7. The van der Waals surface area contributed by atoms with Crippen molar-refractivity contribution in [1.29, 1.82) is 0 Å². The number of benzene rings is 1. The van der Waals surface area contributed by atoms with Crippen molar-refractivity contribution in [2.75, 3.05) is 32.7 Å². The Hall–Kier alpha value is -3.80. The van der Waals surface area contributed by atoms with E-state index < -0.39 is 11.9 Å². The van der Waals surface area contributed by atoms with Gasteiger partial charge in [-0.25, -0.2) is 28.5 Å². The minimum atomic E-state index is -1.26. The van der Waals surface area contributed by atoms with Gasteiger partial charge in [-0.2, -0.15) is 0 Å². The maximum Gasteiger partial charge on any atom is 0.329 e. The lowest BCUT2D eigenvalue weighted by molar-refractivity contribution is -0.134. The second-order valence-corrected chi connectivity index (χ2v) is 9.09. The van der Waals surface area contributed by atoms with Crippen molar-refractivity contribution in [3.8, 4) is 0 Å². The van der Waals surface area contributed by atoms with Crippen molar-refractivity contribution in [1.82, 2.24) is 20.0 Å². The summed E-state index contributed by atoms with van der Waals surface area (Å²) in [5, 5.41) is 18.6. The number of nitrogens with one attached hydrogen (secondary N) is 1. The molecule has 4 rings (SSSR count). The van der Waals surface area contributed by atoms with Crippen LogP contribution in [0.4, 0.5) is 14.0 Å². The Bertz CT molecular complexity index is 1020. The van der Waals surface area contributed by atoms with Gasteiger partial charge >= 0.3 is 24.0 Å². The Morgan fingerprint density at radius 3 is 2.14 bits per heavy atom. The summed E-state index contributed by atoms with van der Waals surface area (Å²) in [5.41, 5.74) is 0.552. The number of aliphatic carboxylic acids is 2. The van der Waals surface area contributed by atoms with Crippen LogP contribution in [0.25, 0.3) is 0 Å². The number of carboxylic acid groups (broad SMARTS) is 2. The van der Waals surface area contributed by atoms with E-state index in [0.29, 0.717) is 37.3 Å². The molecule has 0 radical (unpaired) electrons. The zero-order valence-electron chi connectivity index (χ0n) is 20.3. The number of hydrogen-bond donors (Lipinski definition) is 3. The minimum absolute atomic E-state index is 0.0615. The van der Waals surface area contributed by atoms with Gasteiger partial charge in [0.15, 0.2) is 5.78 Å². The summed E-state index contributed by atoms with van der Waals surface area (Å²) in [6.45, 7) is 3.14. The molecular formula is C25H31FN4O7. The Kier molecular flexibility index (Phi) is 9.72. The summed E-state index contributed by atoms with van der Waals surface area (Å²) in [5.74, 6) is -2.86. The number of carbonyl (C=O) groups is 5. The lowest BCUT2D eigenvalue weighted by Crippen LogP contribution is -2.66. The normalized spacial score (nSPS) is 20.6. The van der Waals surface area contributed by atoms with E-state index >= 15 is 0 Å². The predicted molar refractivity (Wildman–Crippen MR) is 129 cm³/mol. The highest BCUT2D eigenvalue weighted by atomic mass is 19.1. The van der Waals surface area contributed by atoms with Crippen LogP contribution in [0.3, 0.4) is 0 Å². The standard InChI is InChI=1S/C21H27FN4O3.C4H4O4/c22-17-6-4-15(5-7-17)19(27)16-8-11-24(12-9-16)13-14-26-20(28)23-18-3-1-2-10-25(18)21(26)29;5-3(6)1-2-4(7)8/h4-7,16,18H,1-3,8-14H2,(H,23,28);1-2H,(H,5,6)(H,7,8)/b;2-1-. The van der Waals surface area contributed by atoms with E-state index in [1.165, 1.54) is 17.0 Å². The van der Waals surface area contributed by atoms with Crippen LogP contribution >= 0.6 is 0 Å². The average Bonchev–Trinajstić information content (AvgIpc) is 2.88. The number of nitrogens with zero attached hydrogens (tertiary/aromatic N) is 3. The first kappa shape index (κ1) is 27.8. The number of piperidine rings is 2. The van der Waals surface area contributed by atoms with Gasteiger partial charge < -0.3 is 25.3 Å². The van der Waals surface area contributed by atoms with Crippen LogP contribution in [-0.2, 0) is 9.59 Å². The van der Waals surface area contributed by atoms with E-state index in [1.54, 1.807) is 17.0 Å². The number of Topliss-reactive ketones (excluding diaryl/α,β-unsaturated/α-hetero) is 1. The number of halogens is 1. The average molecular weight is 519 g/mol. The largest absolute Gasteiger partial charge is 0.478 e. The van der Waals surface area contributed by atoms with Gasteiger partial charge in [0.1, 0.15) is 12.0 Å². The molecule has 3 aliphatic heterocycles. The van der Waals surface area contributed by atoms with Crippen LogP contribution in [0, 0.1) is 11.7 Å². The third-order valence-corrected chi connectivity index (χ3v) is 6.61. The zero-order valence-corrected chi connectivity index (χ0v) is 20.3. The van der Waals surface area contributed by atoms with E-state index in [4.69, 9.17) is 10.2 Å². The molecule has 3 N–H and O–H groups in total. The molecule has 3 aliphatic rings. The molecule has 0 saturated carbocycles. The number of amides is 4. The van der Waals surface area contributed by atoms with E-state index in [-0.39, 0.29) is 35.7 Å². The molecule has 1 atom stereocenters. The molecule has 0 aromatic heterocycles. The van der Waals surface area contributed by atoms with E-state index in [0.717, 1.165) is 45.2 Å². The summed E-state index contributed by atoms with van der Waals surface area (Å²) in [4.78, 5) is 62.0. The quantitative estimate of drug-likeness (QED) is 0.368.